The molecule has 0 bridgehead atoms. The lowest BCUT2D eigenvalue weighted by atomic mass is 10.1. The first-order chi connectivity index (χ1) is 8.20. The zero-order chi connectivity index (χ0) is 12.3. The number of aliphatic hydroxyl groups excluding tert-OH is 1. The van der Waals surface area contributed by atoms with Crippen molar-refractivity contribution >= 4 is 27.1 Å². The number of benzene rings is 1. The third-order valence-electron chi connectivity index (χ3n) is 2.54. The second-order valence-electron chi connectivity index (χ2n) is 3.92. The Balaban J connectivity index is 2.15. The maximum atomic E-state index is 13.0. The van der Waals surface area contributed by atoms with E-state index in [1.165, 1.54) is 23.5 Å². The lowest BCUT2D eigenvalue weighted by Gasteiger charge is -1.99. The smallest absolute Gasteiger partial charge is 0.125 e. The molecule has 1 heterocycles. The highest BCUT2D eigenvalue weighted by molar-refractivity contribution is 7.19. The number of aliphatic hydroxyl groups is 1. The molecule has 0 saturated heterocycles. The Hall–Kier alpha value is -1.26. The lowest BCUT2D eigenvalue weighted by molar-refractivity contribution is 0.285. The van der Waals surface area contributed by atoms with Gasteiger partial charge in [-0.15, -0.1) is 11.3 Å². The molecule has 2 rings (SSSR count). The van der Waals surface area contributed by atoms with E-state index in [1.807, 2.05) is 0 Å². The fourth-order valence-corrected chi connectivity index (χ4v) is 2.55. The van der Waals surface area contributed by atoms with Gasteiger partial charge in [0.05, 0.1) is 10.2 Å². The molecule has 17 heavy (non-hydrogen) atoms. The average Bonchev–Trinajstić information content (AvgIpc) is 2.72. The van der Waals surface area contributed by atoms with Crippen LogP contribution in [0.5, 0.6) is 0 Å². The largest absolute Gasteiger partial charge is 0.396 e. The van der Waals surface area contributed by atoms with Crippen LogP contribution in [0.3, 0.4) is 0 Å². The predicted molar refractivity (Wildman–Crippen MR) is 69.5 cm³/mol. The van der Waals surface area contributed by atoms with E-state index in [9.17, 15) is 4.39 Å². The summed E-state index contributed by atoms with van der Waals surface area (Å²) in [5.74, 6) is -0.264. The zero-order valence-electron chi connectivity index (χ0n) is 9.45. The Bertz CT molecular complexity index is 535. The second-order valence-corrected chi connectivity index (χ2v) is 4.95. The molecule has 1 aromatic heterocycles. The predicted octanol–water partition coefficient (Wildman–Crippen LogP) is 3.61. The number of halogens is 1. The Morgan fingerprint density at radius 3 is 3.00 bits per heavy atom. The molecule has 0 fully saturated rings. The van der Waals surface area contributed by atoms with Crippen molar-refractivity contribution in [3.8, 4) is 0 Å². The monoisotopic (exact) mass is 251 g/mol. The number of thiazole rings is 1. The van der Waals surface area contributed by atoms with Crippen LogP contribution in [0.2, 0.25) is 0 Å². The summed E-state index contributed by atoms with van der Waals surface area (Å²) in [7, 11) is 0. The number of fused-ring (bicyclic) bond motifs is 1. The van der Waals surface area contributed by atoms with Crippen LogP contribution in [0.4, 0.5) is 4.39 Å². The lowest BCUT2D eigenvalue weighted by Crippen LogP contribution is -1.85. The van der Waals surface area contributed by atoms with E-state index in [0.717, 1.165) is 34.5 Å². The Morgan fingerprint density at radius 2 is 2.24 bits per heavy atom. The van der Waals surface area contributed by atoms with Crippen LogP contribution in [0, 0.1) is 5.82 Å². The number of hydrogen-bond acceptors (Lipinski definition) is 3. The summed E-state index contributed by atoms with van der Waals surface area (Å²) in [6, 6.07) is 4.63. The minimum atomic E-state index is -0.264. The molecule has 0 aliphatic rings. The Kier molecular flexibility index (Phi) is 3.86. The number of allylic oxidation sites excluding steroid dienone is 1. The summed E-state index contributed by atoms with van der Waals surface area (Å²) in [6.07, 6.45) is 2.50. The molecule has 90 valence electrons. The summed E-state index contributed by atoms with van der Waals surface area (Å²) in [5.41, 5.74) is 1.65. The molecule has 4 heteroatoms. The molecule has 2 aromatic rings. The highest BCUT2D eigenvalue weighted by Crippen LogP contribution is 2.29. The highest BCUT2D eigenvalue weighted by atomic mass is 32.1. The third-order valence-corrected chi connectivity index (χ3v) is 3.68. The third kappa shape index (κ3) is 2.90. The summed E-state index contributed by atoms with van der Waals surface area (Å²) in [5, 5.41) is 9.57. The normalized spacial score (nSPS) is 10.9. The van der Waals surface area contributed by atoms with Crippen LogP contribution in [0.1, 0.15) is 24.3 Å². The number of unbranched alkanes of at least 4 members (excludes halogenated alkanes) is 1. The van der Waals surface area contributed by atoms with Gasteiger partial charge in [0.2, 0.25) is 0 Å². The standard InChI is InChI=1S/C13H14FNOS/c1-9(4-2-3-7-16)13-15-11-8-10(14)5-6-12(11)17-13/h5-6,8,16H,1-4,7H2. The molecule has 0 radical (unpaired) electrons. The number of hydrogen-bond donors (Lipinski definition) is 1. The highest BCUT2D eigenvalue weighted by Gasteiger charge is 2.07. The van der Waals surface area contributed by atoms with Gasteiger partial charge in [-0.3, -0.25) is 0 Å². The number of nitrogens with zero attached hydrogens (tertiary/aromatic N) is 1. The van der Waals surface area contributed by atoms with Gasteiger partial charge in [-0.2, -0.15) is 0 Å². The minimum absolute atomic E-state index is 0.207. The quantitative estimate of drug-likeness (QED) is 0.823. The van der Waals surface area contributed by atoms with Gasteiger partial charge in [0.15, 0.2) is 0 Å². The molecule has 0 amide bonds. The summed E-state index contributed by atoms with van der Waals surface area (Å²) in [6.45, 7) is 4.19. The number of rotatable bonds is 5. The van der Waals surface area contributed by atoms with Gasteiger partial charge < -0.3 is 5.11 Å². The van der Waals surface area contributed by atoms with E-state index in [2.05, 4.69) is 11.6 Å². The van der Waals surface area contributed by atoms with Crippen LogP contribution >= 0.6 is 11.3 Å². The van der Waals surface area contributed by atoms with E-state index in [0.29, 0.717) is 5.52 Å². The van der Waals surface area contributed by atoms with Gasteiger partial charge in [-0.1, -0.05) is 6.58 Å². The van der Waals surface area contributed by atoms with Crippen LogP contribution in [0.25, 0.3) is 15.8 Å². The van der Waals surface area contributed by atoms with Gasteiger partial charge in [0, 0.05) is 12.7 Å². The SMILES string of the molecule is C=C(CCCCO)c1nc2cc(F)ccc2s1. The fourth-order valence-electron chi connectivity index (χ4n) is 1.61. The van der Waals surface area contributed by atoms with Crippen molar-refractivity contribution in [1.29, 1.82) is 0 Å². The van der Waals surface area contributed by atoms with Crippen LogP contribution < -0.4 is 0 Å². The van der Waals surface area contributed by atoms with E-state index in [4.69, 9.17) is 5.11 Å². The van der Waals surface area contributed by atoms with Crippen molar-refractivity contribution in [1.82, 2.24) is 4.98 Å². The van der Waals surface area contributed by atoms with Crippen LogP contribution in [-0.2, 0) is 0 Å². The van der Waals surface area contributed by atoms with Gasteiger partial charge in [-0.25, -0.2) is 9.37 Å². The Labute approximate surface area is 103 Å². The van der Waals surface area contributed by atoms with Crippen LogP contribution in [-0.4, -0.2) is 16.7 Å². The van der Waals surface area contributed by atoms with Crippen molar-refractivity contribution < 1.29 is 9.50 Å². The second kappa shape index (κ2) is 5.38. The maximum Gasteiger partial charge on any atom is 0.125 e. The van der Waals surface area contributed by atoms with Gasteiger partial charge >= 0.3 is 0 Å². The van der Waals surface area contributed by atoms with Gasteiger partial charge in [0.1, 0.15) is 10.8 Å². The molecule has 0 spiro atoms. The molecule has 0 unspecified atom stereocenters. The van der Waals surface area contributed by atoms with E-state index < -0.39 is 0 Å². The number of aromatic nitrogens is 1. The minimum Gasteiger partial charge on any atom is -0.396 e. The molecule has 0 atom stereocenters. The first-order valence-corrected chi connectivity index (χ1v) is 6.37. The summed E-state index contributed by atoms with van der Waals surface area (Å²) >= 11 is 1.53. The molecule has 1 aromatic carbocycles. The summed E-state index contributed by atoms with van der Waals surface area (Å²) < 4.78 is 14.0. The molecule has 0 aliphatic heterocycles. The van der Waals surface area contributed by atoms with Crippen molar-refractivity contribution in [3.05, 3.63) is 35.6 Å². The van der Waals surface area contributed by atoms with E-state index in [-0.39, 0.29) is 12.4 Å². The first kappa shape index (κ1) is 12.2. The first-order valence-electron chi connectivity index (χ1n) is 5.56. The molecular formula is C13H14FNOS. The molecule has 0 aliphatic carbocycles. The van der Waals surface area contributed by atoms with E-state index in [1.54, 1.807) is 6.07 Å². The topological polar surface area (TPSA) is 33.1 Å². The zero-order valence-corrected chi connectivity index (χ0v) is 10.3. The van der Waals surface area contributed by atoms with Crippen molar-refractivity contribution in [2.45, 2.75) is 19.3 Å². The molecular weight excluding hydrogens is 237 g/mol. The van der Waals surface area contributed by atoms with Crippen molar-refractivity contribution in [2.75, 3.05) is 6.61 Å². The van der Waals surface area contributed by atoms with Crippen LogP contribution in [0.15, 0.2) is 24.8 Å². The van der Waals surface area contributed by atoms with E-state index >= 15 is 0 Å². The van der Waals surface area contributed by atoms with Crippen molar-refractivity contribution in [3.63, 3.8) is 0 Å². The van der Waals surface area contributed by atoms with Gasteiger partial charge in [0.25, 0.3) is 0 Å². The average molecular weight is 251 g/mol. The van der Waals surface area contributed by atoms with Gasteiger partial charge in [-0.05, 0) is 37.0 Å². The maximum absolute atomic E-state index is 13.0. The molecule has 0 saturated carbocycles. The molecule has 1 N–H and O–H groups in total. The summed E-state index contributed by atoms with van der Waals surface area (Å²) in [4.78, 5) is 4.37. The van der Waals surface area contributed by atoms with Crippen molar-refractivity contribution in [2.24, 2.45) is 0 Å². The Morgan fingerprint density at radius 1 is 1.41 bits per heavy atom. The molecule has 2 nitrogen and oxygen atoms in total. The fraction of sp³-hybridized carbons (Fsp3) is 0.308.